The van der Waals surface area contributed by atoms with Crippen LogP contribution in [0.4, 0.5) is 5.82 Å². The van der Waals surface area contributed by atoms with Gasteiger partial charge in [0.05, 0.1) is 6.20 Å². The number of carbonyl (C=O) groups is 2. The molecule has 1 aromatic heterocycles. The zero-order chi connectivity index (χ0) is 20.9. The average Bonchev–Trinajstić information content (AvgIpc) is 3.07. The highest BCUT2D eigenvalue weighted by Crippen LogP contribution is 2.49. The van der Waals surface area contributed by atoms with E-state index in [0.29, 0.717) is 30.8 Å². The van der Waals surface area contributed by atoms with Crippen molar-refractivity contribution in [1.29, 1.82) is 0 Å². The fraction of sp³-hybridized carbons (Fsp3) is 0.348. The number of aryl methyl sites for hydroxylation is 1. The monoisotopic (exact) mass is 391 g/mol. The van der Waals surface area contributed by atoms with Gasteiger partial charge in [-0.1, -0.05) is 49.8 Å². The van der Waals surface area contributed by atoms with E-state index in [9.17, 15) is 14.7 Å². The molecular formula is C23H25N3O3. The molecule has 1 aromatic carbocycles. The molecule has 0 fully saturated rings. The molecule has 4 rings (SSSR count). The second kappa shape index (κ2) is 6.72. The Bertz CT molecular complexity index is 1040. The number of allylic oxidation sites excluding steroid dienone is 2. The highest BCUT2D eigenvalue weighted by atomic mass is 16.4. The molecule has 1 unspecified atom stereocenters. The molecule has 1 aliphatic carbocycles. The van der Waals surface area contributed by atoms with E-state index in [0.717, 1.165) is 16.8 Å². The third-order valence-electron chi connectivity index (χ3n) is 5.70. The SMILES string of the molecule is C=CCN1C2=C(C(=O)CC(C)(C)C2)C(c2ccc(C)cc2)n2ncc(C(=O)O)c21. The largest absolute Gasteiger partial charge is 0.477 e. The van der Waals surface area contributed by atoms with E-state index in [4.69, 9.17) is 0 Å². The van der Waals surface area contributed by atoms with Crippen molar-refractivity contribution < 1.29 is 14.7 Å². The van der Waals surface area contributed by atoms with E-state index >= 15 is 0 Å². The maximum absolute atomic E-state index is 13.3. The molecule has 0 radical (unpaired) electrons. The van der Waals surface area contributed by atoms with Crippen LogP contribution in [0.25, 0.3) is 0 Å². The second-order valence-electron chi connectivity index (χ2n) is 8.65. The summed E-state index contributed by atoms with van der Waals surface area (Å²) in [6, 6.07) is 7.56. The van der Waals surface area contributed by atoms with Gasteiger partial charge in [-0.15, -0.1) is 6.58 Å². The van der Waals surface area contributed by atoms with Gasteiger partial charge in [0.1, 0.15) is 17.4 Å². The normalized spacial score (nSPS) is 20.3. The average molecular weight is 391 g/mol. The van der Waals surface area contributed by atoms with Crippen molar-refractivity contribution in [1.82, 2.24) is 9.78 Å². The lowest BCUT2D eigenvalue weighted by atomic mass is 9.72. The number of fused-ring (bicyclic) bond motifs is 1. The minimum atomic E-state index is -1.03. The lowest BCUT2D eigenvalue weighted by Crippen LogP contribution is -2.42. The van der Waals surface area contributed by atoms with E-state index in [1.54, 1.807) is 10.8 Å². The molecule has 150 valence electrons. The van der Waals surface area contributed by atoms with Crippen molar-refractivity contribution in [2.45, 2.75) is 39.7 Å². The Labute approximate surface area is 170 Å². The summed E-state index contributed by atoms with van der Waals surface area (Å²) in [6.45, 7) is 10.4. The number of ketones is 1. The van der Waals surface area contributed by atoms with Crippen LogP contribution in [0.5, 0.6) is 0 Å². The fourth-order valence-corrected chi connectivity index (χ4v) is 4.45. The van der Waals surface area contributed by atoms with Crippen molar-refractivity contribution in [2.75, 3.05) is 11.4 Å². The molecule has 1 atom stereocenters. The Morgan fingerprint density at radius 1 is 1.31 bits per heavy atom. The fourth-order valence-electron chi connectivity index (χ4n) is 4.45. The minimum absolute atomic E-state index is 0.0916. The number of rotatable bonds is 4. The summed E-state index contributed by atoms with van der Waals surface area (Å²) in [7, 11) is 0. The van der Waals surface area contributed by atoms with Crippen molar-refractivity contribution in [3.63, 3.8) is 0 Å². The van der Waals surface area contributed by atoms with Gasteiger partial charge in [0.2, 0.25) is 0 Å². The molecule has 29 heavy (non-hydrogen) atoms. The van der Waals surface area contributed by atoms with E-state index in [2.05, 4.69) is 25.5 Å². The van der Waals surface area contributed by atoms with Crippen LogP contribution in [0.3, 0.4) is 0 Å². The molecule has 0 saturated carbocycles. The maximum Gasteiger partial charge on any atom is 0.341 e. The summed E-state index contributed by atoms with van der Waals surface area (Å²) in [4.78, 5) is 27.2. The molecule has 1 aliphatic heterocycles. The number of aromatic nitrogens is 2. The lowest BCUT2D eigenvalue weighted by Gasteiger charge is -2.44. The summed E-state index contributed by atoms with van der Waals surface area (Å²) in [6.07, 6.45) is 4.25. The summed E-state index contributed by atoms with van der Waals surface area (Å²) in [5.74, 6) is -0.436. The molecule has 2 heterocycles. The molecule has 1 N–H and O–H groups in total. The van der Waals surface area contributed by atoms with Crippen molar-refractivity contribution in [3.8, 4) is 0 Å². The molecular weight excluding hydrogens is 366 g/mol. The Balaban J connectivity index is 2.02. The van der Waals surface area contributed by atoms with Crippen molar-refractivity contribution in [3.05, 3.63) is 71.1 Å². The van der Waals surface area contributed by atoms with E-state index in [1.807, 2.05) is 36.1 Å². The molecule has 6 heteroatoms. The summed E-state index contributed by atoms with van der Waals surface area (Å²) < 4.78 is 1.69. The number of hydrogen-bond donors (Lipinski definition) is 1. The number of carbonyl (C=O) groups excluding carboxylic acids is 1. The molecule has 0 bridgehead atoms. The number of carboxylic acid groups (broad SMARTS) is 1. The molecule has 0 amide bonds. The molecule has 0 spiro atoms. The highest BCUT2D eigenvalue weighted by molar-refractivity contribution is 6.02. The quantitative estimate of drug-likeness (QED) is 0.793. The van der Waals surface area contributed by atoms with Gasteiger partial charge in [-0.25, -0.2) is 9.48 Å². The summed E-state index contributed by atoms with van der Waals surface area (Å²) in [5.41, 5.74) is 3.57. The van der Waals surface area contributed by atoms with E-state index in [-0.39, 0.29) is 16.8 Å². The smallest absolute Gasteiger partial charge is 0.341 e. The van der Waals surface area contributed by atoms with Crippen LogP contribution in [0.15, 0.2) is 54.4 Å². The number of aromatic carboxylic acids is 1. The van der Waals surface area contributed by atoms with Gasteiger partial charge >= 0.3 is 5.97 Å². The van der Waals surface area contributed by atoms with Crippen LogP contribution in [0, 0.1) is 12.3 Å². The standard InChI is InChI=1S/C23H25N3O3/c1-5-10-25-17-11-23(3,4)12-18(27)19(17)20(15-8-6-14(2)7-9-15)26-21(25)16(13-24-26)22(28)29/h5-9,13,20H,1,10-12H2,2-4H3,(H,28,29). The van der Waals surface area contributed by atoms with E-state index in [1.165, 1.54) is 6.20 Å². The number of hydrogen-bond acceptors (Lipinski definition) is 4. The van der Waals surface area contributed by atoms with Gasteiger partial charge in [-0.05, 0) is 24.3 Å². The van der Waals surface area contributed by atoms with Gasteiger partial charge in [0, 0.05) is 24.2 Å². The number of carboxylic acids is 1. The van der Waals surface area contributed by atoms with Gasteiger partial charge in [-0.2, -0.15) is 5.10 Å². The molecule has 0 saturated heterocycles. The maximum atomic E-state index is 13.3. The van der Waals surface area contributed by atoms with E-state index < -0.39 is 12.0 Å². The van der Waals surface area contributed by atoms with Gasteiger partial charge in [0.25, 0.3) is 0 Å². The van der Waals surface area contributed by atoms with Crippen LogP contribution >= 0.6 is 0 Å². The van der Waals surface area contributed by atoms with Gasteiger partial charge in [-0.3, -0.25) is 4.79 Å². The van der Waals surface area contributed by atoms with Gasteiger partial charge in [0.15, 0.2) is 5.78 Å². The second-order valence-corrected chi connectivity index (χ2v) is 8.65. The van der Waals surface area contributed by atoms with Crippen molar-refractivity contribution >= 4 is 17.6 Å². The minimum Gasteiger partial charge on any atom is -0.477 e. The van der Waals surface area contributed by atoms with Crippen LogP contribution < -0.4 is 4.90 Å². The van der Waals surface area contributed by atoms with Gasteiger partial charge < -0.3 is 10.0 Å². The Kier molecular flexibility index (Phi) is 4.45. The number of anilines is 1. The Hall–Kier alpha value is -3.15. The lowest BCUT2D eigenvalue weighted by molar-refractivity contribution is -0.118. The first-order valence-corrected chi connectivity index (χ1v) is 9.75. The molecule has 2 aromatic rings. The first-order chi connectivity index (χ1) is 13.7. The topological polar surface area (TPSA) is 75.4 Å². The number of benzene rings is 1. The number of Topliss-reactive ketones (excluding diaryl/α,β-unsaturated/α-hetero) is 1. The Morgan fingerprint density at radius 3 is 2.62 bits per heavy atom. The predicted molar refractivity (Wildman–Crippen MR) is 111 cm³/mol. The highest BCUT2D eigenvalue weighted by Gasteiger charge is 2.45. The van der Waals surface area contributed by atoms with Crippen LogP contribution in [0.1, 0.15) is 54.2 Å². The van der Waals surface area contributed by atoms with Crippen LogP contribution in [-0.4, -0.2) is 33.2 Å². The first-order valence-electron chi connectivity index (χ1n) is 9.75. The van der Waals surface area contributed by atoms with Crippen LogP contribution in [0.2, 0.25) is 0 Å². The Morgan fingerprint density at radius 2 is 2.00 bits per heavy atom. The zero-order valence-electron chi connectivity index (χ0n) is 17.0. The third-order valence-corrected chi connectivity index (χ3v) is 5.70. The first kappa shape index (κ1) is 19.2. The third kappa shape index (κ3) is 3.09. The molecule has 6 nitrogen and oxygen atoms in total. The summed E-state index contributed by atoms with van der Waals surface area (Å²) >= 11 is 0. The summed E-state index contributed by atoms with van der Waals surface area (Å²) in [5, 5.41) is 14.2. The molecule has 2 aliphatic rings. The van der Waals surface area contributed by atoms with Crippen molar-refractivity contribution in [2.24, 2.45) is 5.41 Å². The predicted octanol–water partition coefficient (Wildman–Crippen LogP) is 4.13. The zero-order valence-corrected chi connectivity index (χ0v) is 17.0. The number of nitrogens with zero attached hydrogens (tertiary/aromatic N) is 3. The van der Waals surface area contributed by atoms with Crippen LogP contribution in [-0.2, 0) is 4.79 Å².